The van der Waals surface area contributed by atoms with E-state index >= 15 is 0 Å². The van der Waals surface area contributed by atoms with E-state index in [2.05, 4.69) is 11.5 Å². The predicted molar refractivity (Wildman–Crippen MR) is 92.1 cm³/mol. The molecule has 3 rings (SSSR count). The highest BCUT2D eigenvalue weighted by atomic mass is 32.2. The Morgan fingerprint density at radius 2 is 2.22 bits per heavy atom. The zero-order valence-corrected chi connectivity index (χ0v) is 14.1. The molecular formula is C17H24N2O3S. The monoisotopic (exact) mass is 336 g/mol. The standard InChI is InChI=1S/C17H24N2O3S/c1-2-6-23(22)12-15(20)11-18-8-13-7-14(10-18)16-4-3-5-17(21)19(16)9-13/h2-5,13-15,20H,1,6-12H2/t13-,14+,15?,23?/m1/s1. The predicted octanol–water partition coefficient (Wildman–Crippen LogP) is 0.563. The van der Waals surface area contributed by atoms with Gasteiger partial charge in [-0.3, -0.25) is 13.9 Å². The van der Waals surface area contributed by atoms with Gasteiger partial charge in [0.2, 0.25) is 0 Å². The summed E-state index contributed by atoms with van der Waals surface area (Å²) in [6.45, 7) is 6.63. The Balaban J connectivity index is 1.65. The van der Waals surface area contributed by atoms with Crippen LogP contribution in [-0.2, 0) is 17.3 Å². The number of fused-ring (bicyclic) bond motifs is 4. The van der Waals surface area contributed by atoms with E-state index in [4.69, 9.17) is 0 Å². The number of nitrogens with zero attached hydrogens (tertiary/aromatic N) is 2. The third-order valence-electron chi connectivity index (χ3n) is 4.71. The van der Waals surface area contributed by atoms with E-state index in [9.17, 15) is 14.1 Å². The molecule has 1 saturated heterocycles. The van der Waals surface area contributed by atoms with Crippen LogP contribution in [0.15, 0.2) is 35.6 Å². The molecular weight excluding hydrogens is 312 g/mol. The number of rotatable bonds is 6. The Morgan fingerprint density at radius 1 is 1.39 bits per heavy atom. The minimum atomic E-state index is -1.04. The summed E-state index contributed by atoms with van der Waals surface area (Å²) in [5.41, 5.74) is 1.20. The smallest absolute Gasteiger partial charge is 0.250 e. The van der Waals surface area contributed by atoms with Crippen molar-refractivity contribution < 1.29 is 9.32 Å². The van der Waals surface area contributed by atoms with E-state index in [1.54, 1.807) is 12.1 Å². The van der Waals surface area contributed by atoms with Crippen molar-refractivity contribution in [3.8, 4) is 0 Å². The van der Waals surface area contributed by atoms with Gasteiger partial charge in [0.25, 0.3) is 5.56 Å². The number of aliphatic hydroxyl groups excluding tert-OH is 1. The molecule has 0 amide bonds. The van der Waals surface area contributed by atoms with Crippen molar-refractivity contribution >= 4 is 10.8 Å². The number of likely N-dealkylation sites (tertiary alicyclic amines) is 1. The third-order valence-corrected chi connectivity index (χ3v) is 6.07. The lowest BCUT2D eigenvalue weighted by Gasteiger charge is -2.43. The van der Waals surface area contributed by atoms with Gasteiger partial charge in [-0.05, 0) is 18.4 Å². The molecule has 3 heterocycles. The molecule has 0 aliphatic carbocycles. The Hall–Kier alpha value is -1.24. The second-order valence-electron chi connectivity index (χ2n) is 6.63. The van der Waals surface area contributed by atoms with Gasteiger partial charge in [-0.2, -0.15) is 0 Å². The van der Waals surface area contributed by atoms with Crippen molar-refractivity contribution in [2.45, 2.75) is 25.0 Å². The number of piperidine rings is 1. The number of aromatic nitrogens is 1. The minimum Gasteiger partial charge on any atom is -0.391 e. The number of hydrogen-bond donors (Lipinski definition) is 1. The Labute approximate surface area is 139 Å². The molecule has 1 fully saturated rings. The molecule has 2 bridgehead atoms. The maximum atomic E-state index is 12.0. The number of pyridine rings is 1. The molecule has 1 aromatic heterocycles. The Morgan fingerprint density at radius 3 is 3.00 bits per heavy atom. The van der Waals surface area contributed by atoms with Crippen molar-refractivity contribution in [1.29, 1.82) is 0 Å². The van der Waals surface area contributed by atoms with E-state index < -0.39 is 16.9 Å². The molecule has 5 nitrogen and oxygen atoms in total. The maximum Gasteiger partial charge on any atom is 0.250 e. The normalized spacial score (nSPS) is 26.3. The van der Waals surface area contributed by atoms with Gasteiger partial charge in [-0.25, -0.2) is 0 Å². The molecule has 23 heavy (non-hydrogen) atoms. The van der Waals surface area contributed by atoms with Gasteiger partial charge in [0.05, 0.1) is 11.9 Å². The molecule has 1 aromatic rings. The minimum absolute atomic E-state index is 0.0884. The number of aliphatic hydroxyl groups is 1. The van der Waals surface area contributed by atoms with E-state index in [0.717, 1.165) is 31.7 Å². The van der Waals surface area contributed by atoms with Crippen molar-refractivity contribution in [1.82, 2.24) is 9.47 Å². The summed E-state index contributed by atoms with van der Waals surface area (Å²) in [6, 6.07) is 5.50. The van der Waals surface area contributed by atoms with Crippen LogP contribution in [0.1, 0.15) is 18.0 Å². The highest BCUT2D eigenvalue weighted by Gasteiger charge is 2.34. The summed E-state index contributed by atoms with van der Waals surface area (Å²) < 4.78 is 13.6. The van der Waals surface area contributed by atoms with Crippen LogP contribution in [0.5, 0.6) is 0 Å². The average Bonchev–Trinajstić information content (AvgIpc) is 2.48. The molecule has 2 unspecified atom stereocenters. The lowest BCUT2D eigenvalue weighted by molar-refractivity contribution is 0.0714. The summed E-state index contributed by atoms with van der Waals surface area (Å²) in [5, 5.41) is 10.2. The van der Waals surface area contributed by atoms with Crippen molar-refractivity contribution in [2.24, 2.45) is 5.92 Å². The van der Waals surface area contributed by atoms with Crippen LogP contribution < -0.4 is 5.56 Å². The van der Waals surface area contributed by atoms with Crippen molar-refractivity contribution in [3.05, 3.63) is 46.9 Å². The SMILES string of the molecule is C=CCS(=O)CC(O)CN1C[C@H]2C[C@@H](C1)c1cccc(=O)n1C2. The van der Waals surface area contributed by atoms with Crippen LogP contribution in [0.4, 0.5) is 0 Å². The summed E-state index contributed by atoms with van der Waals surface area (Å²) >= 11 is 0. The van der Waals surface area contributed by atoms with Gasteiger partial charge < -0.3 is 9.67 Å². The van der Waals surface area contributed by atoms with Crippen molar-refractivity contribution in [2.75, 3.05) is 31.1 Å². The maximum absolute atomic E-state index is 12.0. The first kappa shape index (κ1) is 16.6. The zero-order valence-electron chi connectivity index (χ0n) is 13.3. The van der Waals surface area contributed by atoms with Crippen LogP contribution in [0.2, 0.25) is 0 Å². The fourth-order valence-electron chi connectivity index (χ4n) is 3.91. The van der Waals surface area contributed by atoms with Gasteiger partial charge in [0, 0.05) is 60.4 Å². The van der Waals surface area contributed by atoms with Crippen LogP contribution in [0.3, 0.4) is 0 Å². The van der Waals surface area contributed by atoms with Crippen molar-refractivity contribution in [3.63, 3.8) is 0 Å². The molecule has 2 aliphatic heterocycles. The quantitative estimate of drug-likeness (QED) is 0.771. The van der Waals surface area contributed by atoms with Crippen LogP contribution in [0, 0.1) is 5.92 Å². The van der Waals surface area contributed by atoms with Gasteiger partial charge in [-0.1, -0.05) is 12.1 Å². The lowest BCUT2D eigenvalue weighted by Crippen LogP contribution is -2.49. The lowest BCUT2D eigenvalue weighted by atomic mass is 9.83. The highest BCUT2D eigenvalue weighted by Crippen LogP contribution is 2.34. The van der Waals surface area contributed by atoms with Gasteiger partial charge in [0.15, 0.2) is 0 Å². The van der Waals surface area contributed by atoms with Gasteiger partial charge in [-0.15, -0.1) is 6.58 Å². The molecule has 126 valence electrons. The van der Waals surface area contributed by atoms with Gasteiger partial charge >= 0.3 is 0 Å². The molecule has 6 heteroatoms. The molecule has 0 spiro atoms. The molecule has 0 radical (unpaired) electrons. The molecule has 2 aliphatic rings. The summed E-state index contributed by atoms with van der Waals surface area (Å²) in [5.74, 6) is 1.53. The second-order valence-corrected chi connectivity index (χ2v) is 8.18. The summed E-state index contributed by atoms with van der Waals surface area (Å²) in [4.78, 5) is 14.3. The fraction of sp³-hybridized carbons (Fsp3) is 0.588. The highest BCUT2D eigenvalue weighted by molar-refractivity contribution is 7.85. The number of β-amino-alcohol motifs (C(OH)–C–C–N with tert-alkyl or cyclic N) is 1. The van der Waals surface area contributed by atoms with Crippen LogP contribution >= 0.6 is 0 Å². The molecule has 0 saturated carbocycles. The number of hydrogen-bond acceptors (Lipinski definition) is 4. The van der Waals surface area contributed by atoms with Crippen LogP contribution in [-0.4, -0.2) is 56.0 Å². The topological polar surface area (TPSA) is 62.5 Å². The first-order chi connectivity index (χ1) is 11.1. The summed E-state index contributed by atoms with van der Waals surface area (Å²) in [7, 11) is -1.04. The van der Waals surface area contributed by atoms with E-state index in [1.165, 1.54) is 0 Å². The average molecular weight is 336 g/mol. The molecule has 0 aromatic carbocycles. The van der Waals surface area contributed by atoms with E-state index in [-0.39, 0.29) is 5.56 Å². The largest absolute Gasteiger partial charge is 0.391 e. The first-order valence-corrected chi connectivity index (χ1v) is 9.61. The van der Waals surface area contributed by atoms with Crippen LogP contribution in [0.25, 0.3) is 0 Å². The Kier molecular flexibility index (Phi) is 5.14. The first-order valence-electron chi connectivity index (χ1n) is 8.13. The van der Waals surface area contributed by atoms with E-state index in [0.29, 0.717) is 29.9 Å². The molecule has 1 N–H and O–H groups in total. The molecule has 4 atom stereocenters. The third kappa shape index (κ3) is 3.82. The summed E-state index contributed by atoms with van der Waals surface area (Å²) in [6.07, 6.45) is 2.16. The fourth-order valence-corrected chi connectivity index (χ4v) is 4.84. The Bertz CT molecular complexity index is 657. The van der Waals surface area contributed by atoms with E-state index in [1.807, 2.05) is 16.7 Å². The second kappa shape index (κ2) is 7.11. The van der Waals surface area contributed by atoms with Gasteiger partial charge in [0.1, 0.15) is 0 Å². The zero-order chi connectivity index (χ0) is 16.4.